The van der Waals surface area contributed by atoms with Crippen LogP contribution in [0.2, 0.25) is 0 Å². The molecule has 1 aliphatic heterocycles. The Hall–Kier alpha value is -3.81. The number of rotatable bonds is 6. The number of benzene rings is 2. The predicted molar refractivity (Wildman–Crippen MR) is 120 cm³/mol. The van der Waals surface area contributed by atoms with E-state index < -0.39 is 16.9 Å². The van der Waals surface area contributed by atoms with Gasteiger partial charge in [0.15, 0.2) is 0 Å². The fourth-order valence-electron chi connectivity index (χ4n) is 5.55. The van der Waals surface area contributed by atoms with Crippen molar-refractivity contribution in [2.24, 2.45) is 23.7 Å². The number of likely N-dealkylation sites (tertiary alicyclic amines) is 1. The maximum atomic E-state index is 13.5. The zero-order valence-corrected chi connectivity index (χ0v) is 17.8. The monoisotopic (exact) mass is 445 g/mol. The molecule has 3 aliphatic carbocycles. The van der Waals surface area contributed by atoms with Gasteiger partial charge in [0, 0.05) is 6.07 Å². The van der Waals surface area contributed by atoms with Crippen molar-refractivity contribution in [2.75, 3.05) is 5.32 Å². The predicted octanol–water partition coefficient (Wildman–Crippen LogP) is 3.86. The van der Waals surface area contributed by atoms with Crippen LogP contribution in [0.25, 0.3) is 0 Å². The Morgan fingerprint density at radius 1 is 0.970 bits per heavy atom. The third-order valence-electron chi connectivity index (χ3n) is 7.04. The van der Waals surface area contributed by atoms with Crippen LogP contribution in [0, 0.1) is 33.8 Å². The SMILES string of the molecule is O=C(C[C@H](c1ccccc1)N1C(=O)[C@@H]2[C@@H](C1=O)[C@H]1C=C[C@H]2CC1)Nc1ccccc1[N+](=O)[O-]. The fourth-order valence-corrected chi connectivity index (χ4v) is 5.55. The van der Waals surface area contributed by atoms with Crippen molar-refractivity contribution in [3.8, 4) is 0 Å². The topological polar surface area (TPSA) is 110 Å². The molecule has 1 saturated heterocycles. The minimum absolute atomic E-state index is 0.0543. The maximum Gasteiger partial charge on any atom is 0.292 e. The second-order valence-electron chi connectivity index (χ2n) is 8.84. The van der Waals surface area contributed by atoms with Crippen LogP contribution in [0.15, 0.2) is 66.7 Å². The van der Waals surface area contributed by atoms with Gasteiger partial charge in [-0.15, -0.1) is 0 Å². The van der Waals surface area contributed by atoms with Crippen molar-refractivity contribution in [1.82, 2.24) is 4.90 Å². The summed E-state index contributed by atoms with van der Waals surface area (Å²) in [5.41, 5.74) is 0.536. The highest BCUT2D eigenvalue weighted by Gasteiger charge is 2.58. The summed E-state index contributed by atoms with van der Waals surface area (Å²) in [7, 11) is 0. The molecule has 0 unspecified atom stereocenters. The van der Waals surface area contributed by atoms with Gasteiger partial charge >= 0.3 is 0 Å². The molecule has 1 heterocycles. The Labute approximate surface area is 190 Å². The van der Waals surface area contributed by atoms with Crippen molar-refractivity contribution in [3.63, 3.8) is 0 Å². The third-order valence-corrected chi connectivity index (χ3v) is 7.04. The number of fused-ring (bicyclic) bond motifs is 1. The largest absolute Gasteiger partial charge is 0.320 e. The number of hydrogen-bond acceptors (Lipinski definition) is 5. The Morgan fingerprint density at radius 2 is 1.55 bits per heavy atom. The van der Waals surface area contributed by atoms with E-state index in [-0.39, 0.29) is 53.3 Å². The van der Waals surface area contributed by atoms with Gasteiger partial charge in [-0.1, -0.05) is 54.6 Å². The summed E-state index contributed by atoms with van der Waals surface area (Å²) >= 11 is 0. The van der Waals surface area contributed by atoms with Crippen LogP contribution in [0.1, 0.15) is 30.9 Å². The Morgan fingerprint density at radius 3 is 2.12 bits per heavy atom. The Balaban J connectivity index is 1.45. The molecule has 2 aromatic rings. The lowest BCUT2D eigenvalue weighted by molar-refractivity contribution is -0.383. The molecule has 8 heteroatoms. The molecular formula is C25H23N3O5. The first-order valence-corrected chi connectivity index (χ1v) is 11.1. The van der Waals surface area contributed by atoms with E-state index in [1.807, 2.05) is 6.07 Å². The number of nitrogens with one attached hydrogen (secondary N) is 1. The number of carbonyl (C=O) groups is 3. The number of imide groups is 1. The molecule has 1 saturated carbocycles. The number of para-hydroxylation sites is 2. The van der Waals surface area contributed by atoms with Crippen molar-refractivity contribution in [2.45, 2.75) is 25.3 Å². The molecule has 6 rings (SSSR count). The van der Waals surface area contributed by atoms with E-state index in [2.05, 4.69) is 17.5 Å². The lowest BCUT2D eigenvalue weighted by atomic mass is 9.63. The van der Waals surface area contributed by atoms with Gasteiger partial charge in [-0.2, -0.15) is 0 Å². The molecule has 33 heavy (non-hydrogen) atoms. The molecule has 2 fully saturated rings. The van der Waals surface area contributed by atoms with Gasteiger partial charge in [0.25, 0.3) is 5.69 Å². The molecule has 2 bridgehead atoms. The lowest BCUT2D eigenvalue weighted by Crippen LogP contribution is -2.38. The van der Waals surface area contributed by atoms with Gasteiger partial charge < -0.3 is 5.32 Å². The number of amides is 3. The van der Waals surface area contributed by atoms with Crippen LogP contribution in [0.4, 0.5) is 11.4 Å². The normalized spacial score (nSPS) is 26.2. The first-order chi connectivity index (χ1) is 16.0. The minimum atomic E-state index is -0.779. The molecular weight excluding hydrogens is 422 g/mol. The van der Waals surface area contributed by atoms with E-state index in [4.69, 9.17) is 0 Å². The molecule has 2 aromatic carbocycles. The molecule has 0 spiro atoms. The number of anilines is 1. The number of carbonyl (C=O) groups excluding carboxylic acids is 3. The smallest absolute Gasteiger partial charge is 0.292 e. The van der Waals surface area contributed by atoms with Gasteiger partial charge in [0.05, 0.1) is 29.2 Å². The van der Waals surface area contributed by atoms with Crippen LogP contribution < -0.4 is 5.32 Å². The number of nitro benzene ring substituents is 1. The quantitative estimate of drug-likeness (QED) is 0.314. The summed E-state index contributed by atoms with van der Waals surface area (Å²) in [5, 5.41) is 13.9. The summed E-state index contributed by atoms with van der Waals surface area (Å²) in [6.45, 7) is 0. The molecule has 5 atom stereocenters. The van der Waals surface area contributed by atoms with Crippen LogP contribution in [0.5, 0.6) is 0 Å². The van der Waals surface area contributed by atoms with Crippen LogP contribution >= 0.6 is 0 Å². The van der Waals surface area contributed by atoms with E-state index >= 15 is 0 Å². The zero-order valence-electron chi connectivity index (χ0n) is 17.8. The van der Waals surface area contributed by atoms with Gasteiger partial charge in [0.1, 0.15) is 5.69 Å². The molecule has 168 valence electrons. The standard InChI is InChI=1S/C25H23N3O5/c29-21(26-18-8-4-5-9-19(18)28(32)33)14-20(15-6-2-1-3-7-15)27-24(30)22-16-10-11-17(13-12-16)23(22)25(27)31/h1-11,16-17,20,22-23H,12-14H2,(H,26,29)/t16-,17-,20+,22-,23-/m0/s1. The van der Waals surface area contributed by atoms with Crippen LogP contribution in [-0.2, 0) is 14.4 Å². The molecule has 0 aromatic heterocycles. The molecule has 8 nitrogen and oxygen atoms in total. The molecule has 3 amide bonds. The van der Waals surface area contributed by atoms with Crippen molar-refractivity contribution >= 4 is 29.1 Å². The van der Waals surface area contributed by atoms with Crippen molar-refractivity contribution in [1.29, 1.82) is 0 Å². The van der Waals surface area contributed by atoms with Gasteiger partial charge in [-0.3, -0.25) is 29.4 Å². The number of nitrogens with zero attached hydrogens (tertiary/aromatic N) is 2. The minimum Gasteiger partial charge on any atom is -0.320 e. The van der Waals surface area contributed by atoms with Crippen LogP contribution in [0.3, 0.4) is 0 Å². The van der Waals surface area contributed by atoms with E-state index in [0.717, 1.165) is 12.8 Å². The molecule has 1 N–H and O–H groups in total. The zero-order chi connectivity index (χ0) is 23.1. The third kappa shape index (κ3) is 3.61. The average molecular weight is 445 g/mol. The summed E-state index contributed by atoms with van der Waals surface area (Å²) < 4.78 is 0. The number of nitro groups is 1. The second kappa shape index (κ2) is 8.27. The van der Waals surface area contributed by atoms with Gasteiger partial charge in [0.2, 0.25) is 17.7 Å². The number of hydrogen-bond donors (Lipinski definition) is 1. The first-order valence-electron chi connectivity index (χ1n) is 11.1. The van der Waals surface area contributed by atoms with Crippen molar-refractivity contribution in [3.05, 3.63) is 82.4 Å². The molecule has 0 radical (unpaired) electrons. The van der Waals surface area contributed by atoms with Gasteiger partial charge in [-0.05, 0) is 36.3 Å². The molecule has 4 aliphatic rings. The number of allylic oxidation sites excluding steroid dienone is 2. The summed E-state index contributed by atoms with van der Waals surface area (Å²) in [6, 6.07) is 14.1. The Bertz CT molecular complexity index is 1130. The highest BCUT2D eigenvalue weighted by Crippen LogP contribution is 2.51. The first kappa shape index (κ1) is 21.1. The lowest BCUT2D eigenvalue weighted by Gasteiger charge is -2.38. The average Bonchev–Trinajstić information content (AvgIpc) is 3.11. The van der Waals surface area contributed by atoms with E-state index in [9.17, 15) is 24.5 Å². The van der Waals surface area contributed by atoms with Crippen molar-refractivity contribution < 1.29 is 19.3 Å². The van der Waals surface area contributed by atoms with E-state index in [1.165, 1.54) is 23.1 Å². The second-order valence-corrected chi connectivity index (χ2v) is 8.84. The van der Waals surface area contributed by atoms with E-state index in [0.29, 0.717) is 5.56 Å². The highest BCUT2D eigenvalue weighted by atomic mass is 16.6. The van der Waals surface area contributed by atoms with Crippen LogP contribution in [-0.4, -0.2) is 27.5 Å². The highest BCUT2D eigenvalue weighted by molar-refractivity contribution is 6.07. The summed E-state index contributed by atoms with van der Waals surface area (Å²) in [5.74, 6) is -1.59. The summed E-state index contributed by atoms with van der Waals surface area (Å²) in [4.78, 5) is 52.0. The maximum absolute atomic E-state index is 13.5. The fraction of sp³-hybridized carbons (Fsp3) is 0.320. The van der Waals surface area contributed by atoms with Gasteiger partial charge in [-0.25, -0.2) is 0 Å². The van der Waals surface area contributed by atoms with E-state index in [1.54, 1.807) is 30.3 Å². The Kier molecular flexibility index (Phi) is 5.28. The summed E-state index contributed by atoms with van der Waals surface area (Å²) in [6.07, 6.45) is 5.72.